The van der Waals surface area contributed by atoms with Crippen LogP contribution in [-0.2, 0) is 4.74 Å². The Kier molecular flexibility index (Phi) is 5.88. The van der Waals surface area contributed by atoms with Crippen LogP contribution in [-0.4, -0.2) is 24.2 Å². The standard InChI is InChI=1S/C16H30OS/c1-12(2)15-4-7-17-16(11-15)10-13(3)14-5-8-18-9-6-14/h12-16H,4-11H2,1-3H3. The van der Waals surface area contributed by atoms with Crippen molar-refractivity contribution in [1.29, 1.82) is 0 Å². The molecular weight excluding hydrogens is 240 g/mol. The first-order chi connectivity index (χ1) is 8.66. The van der Waals surface area contributed by atoms with E-state index in [4.69, 9.17) is 4.74 Å². The molecular formula is C16H30OS. The van der Waals surface area contributed by atoms with Gasteiger partial charge in [0.05, 0.1) is 6.10 Å². The van der Waals surface area contributed by atoms with Crippen LogP contribution < -0.4 is 0 Å². The third kappa shape index (κ3) is 4.16. The van der Waals surface area contributed by atoms with Gasteiger partial charge in [0.1, 0.15) is 0 Å². The molecule has 2 aliphatic heterocycles. The van der Waals surface area contributed by atoms with Crippen LogP contribution in [0.25, 0.3) is 0 Å². The maximum Gasteiger partial charge on any atom is 0.0580 e. The highest BCUT2D eigenvalue weighted by molar-refractivity contribution is 7.99. The smallest absolute Gasteiger partial charge is 0.0580 e. The SMILES string of the molecule is CC(C)C1CCOC(CC(C)C2CCSCC2)C1. The van der Waals surface area contributed by atoms with Crippen molar-refractivity contribution < 1.29 is 4.74 Å². The second-order valence-electron chi connectivity index (χ2n) is 6.68. The molecule has 0 saturated carbocycles. The normalized spacial score (nSPS) is 32.7. The summed E-state index contributed by atoms with van der Waals surface area (Å²) in [4.78, 5) is 0. The van der Waals surface area contributed by atoms with Crippen LogP contribution in [0, 0.1) is 23.7 Å². The van der Waals surface area contributed by atoms with Gasteiger partial charge in [-0.3, -0.25) is 0 Å². The lowest BCUT2D eigenvalue weighted by Gasteiger charge is -2.35. The van der Waals surface area contributed by atoms with Crippen LogP contribution in [0.1, 0.15) is 52.9 Å². The molecule has 0 spiro atoms. The highest BCUT2D eigenvalue weighted by atomic mass is 32.2. The largest absolute Gasteiger partial charge is 0.378 e. The molecule has 2 fully saturated rings. The zero-order valence-electron chi connectivity index (χ0n) is 12.4. The number of thioether (sulfide) groups is 1. The molecule has 0 radical (unpaired) electrons. The summed E-state index contributed by atoms with van der Waals surface area (Å²) in [7, 11) is 0. The van der Waals surface area contributed by atoms with Crippen molar-refractivity contribution in [1.82, 2.24) is 0 Å². The van der Waals surface area contributed by atoms with E-state index in [9.17, 15) is 0 Å². The Morgan fingerprint density at radius 2 is 1.78 bits per heavy atom. The van der Waals surface area contributed by atoms with Crippen molar-refractivity contribution in [3.63, 3.8) is 0 Å². The van der Waals surface area contributed by atoms with E-state index in [-0.39, 0.29) is 0 Å². The van der Waals surface area contributed by atoms with Crippen molar-refractivity contribution in [2.24, 2.45) is 23.7 Å². The van der Waals surface area contributed by atoms with E-state index in [2.05, 4.69) is 32.5 Å². The van der Waals surface area contributed by atoms with Crippen molar-refractivity contribution in [3.05, 3.63) is 0 Å². The first-order valence-electron chi connectivity index (χ1n) is 7.86. The van der Waals surface area contributed by atoms with Gasteiger partial charge in [-0.25, -0.2) is 0 Å². The van der Waals surface area contributed by atoms with E-state index in [0.717, 1.165) is 30.3 Å². The summed E-state index contributed by atoms with van der Waals surface area (Å²) in [6, 6.07) is 0. The van der Waals surface area contributed by atoms with Gasteiger partial charge in [-0.1, -0.05) is 20.8 Å². The summed E-state index contributed by atoms with van der Waals surface area (Å²) >= 11 is 2.14. The van der Waals surface area contributed by atoms with Gasteiger partial charge >= 0.3 is 0 Å². The molecule has 0 amide bonds. The van der Waals surface area contributed by atoms with E-state index < -0.39 is 0 Å². The van der Waals surface area contributed by atoms with Crippen LogP contribution in [0.3, 0.4) is 0 Å². The molecule has 2 aliphatic rings. The Bertz CT molecular complexity index is 235. The summed E-state index contributed by atoms with van der Waals surface area (Å²) in [5.41, 5.74) is 0. The predicted octanol–water partition coefficient (Wildman–Crippen LogP) is 4.61. The number of rotatable bonds is 4. The zero-order chi connectivity index (χ0) is 13.0. The maximum atomic E-state index is 6.01. The molecule has 2 rings (SSSR count). The number of hydrogen-bond acceptors (Lipinski definition) is 2. The van der Waals surface area contributed by atoms with Gasteiger partial charge in [-0.15, -0.1) is 0 Å². The van der Waals surface area contributed by atoms with Gasteiger partial charge in [0.15, 0.2) is 0 Å². The van der Waals surface area contributed by atoms with Gasteiger partial charge in [0.2, 0.25) is 0 Å². The molecule has 0 N–H and O–H groups in total. The van der Waals surface area contributed by atoms with Crippen LogP contribution >= 0.6 is 11.8 Å². The van der Waals surface area contributed by atoms with Gasteiger partial charge < -0.3 is 4.74 Å². The molecule has 18 heavy (non-hydrogen) atoms. The average molecular weight is 270 g/mol. The van der Waals surface area contributed by atoms with E-state index in [1.165, 1.54) is 43.6 Å². The predicted molar refractivity (Wildman–Crippen MR) is 81.1 cm³/mol. The maximum absolute atomic E-state index is 6.01. The van der Waals surface area contributed by atoms with Gasteiger partial charge in [0, 0.05) is 6.61 Å². The molecule has 0 aromatic rings. The summed E-state index contributed by atoms with van der Waals surface area (Å²) in [6.45, 7) is 8.20. The Morgan fingerprint density at radius 3 is 2.44 bits per heavy atom. The Labute approximate surface area is 117 Å². The van der Waals surface area contributed by atoms with Crippen molar-refractivity contribution >= 4 is 11.8 Å². The van der Waals surface area contributed by atoms with E-state index >= 15 is 0 Å². The zero-order valence-corrected chi connectivity index (χ0v) is 13.2. The lowest BCUT2D eigenvalue weighted by atomic mass is 9.80. The first kappa shape index (κ1) is 14.7. The lowest BCUT2D eigenvalue weighted by Crippen LogP contribution is -2.31. The number of ether oxygens (including phenoxy) is 1. The summed E-state index contributed by atoms with van der Waals surface area (Å²) in [6.07, 6.45) is 7.32. The van der Waals surface area contributed by atoms with Gasteiger partial charge in [0.25, 0.3) is 0 Å². The Hall–Kier alpha value is 0.310. The first-order valence-corrected chi connectivity index (χ1v) is 9.01. The summed E-state index contributed by atoms with van der Waals surface area (Å²) in [5.74, 6) is 6.33. The van der Waals surface area contributed by atoms with Crippen molar-refractivity contribution in [2.45, 2.75) is 59.0 Å². The molecule has 0 aliphatic carbocycles. The monoisotopic (exact) mass is 270 g/mol. The minimum atomic E-state index is 0.552. The van der Waals surface area contributed by atoms with E-state index in [0.29, 0.717) is 6.10 Å². The van der Waals surface area contributed by atoms with Crippen molar-refractivity contribution in [2.75, 3.05) is 18.1 Å². The molecule has 2 saturated heterocycles. The second-order valence-corrected chi connectivity index (χ2v) is 7.91. The number of hydrogen-bond donors (Lipinski definition) is 0. The molecule has 0 aromatic heterocycles. The molecule has 2 heterocycles. The molecule has 106 valence electrons. The topological polar surface area (TPSA) is 9.23 Å². The highest BCUT2D eigenvalue weighted by Crippen LogP contribution is 2.35. The fraction of sp³-hybridized carbons (Fsp3) is 1.00. The second kappa shape index (κ2) is 7.19. The fourth-order valence-electron chi connectivity index (χ4n) is 3.57. The fourth-order valence-corrected chi connectivity index (χ4v) is 4.71. The molecule has 3 unspecified atom stereocenters. The molecule has 3 atom stereocenters. The van der Waals surface area contributed by atoms with E-state index in [1.54, 1.807) is 0 Å². The Balaban J connectivity index is 1.77. The Morgan fingerprint density at radius 1 is 1.06 bits per heavy atom. The van der Waals surface area contributed by atoms with Gasteiger partial charge in [-0.05, 0) is 67.3 Å². The third-order valence-corrected chi connectivity index (χ3v) is 6.10. The van der Waals surface area contributed by atoms with Crippen LogP contribution in [0.4, 0.5) is 0 Å². The molecule has 0 aromatic carbocycles. The molecule has 1 nitrogen and oxygen atoms in total. The quantitative estimate of drug-likeness (QED) is 0.738. The van der Waals surface area contributed by atoms with Crippen molar-refractivity contribution in [3.8, 4) is 0 Å². The minimum absolute atomic E-state index is 0.552. The van der Waals surface area contributed by atoms with Crippen LogP contribution in [0.2, 0.25) is 0 Å². The third-order valence-electron chi connectivity index (χ3n) is 5.06. The molecule has 2 heteroatoms. The van der Waals surface area contributed by atoms with Gasteiger partial charge in [-0.2, -0.15) is 11.8 Å². The molecule has 0 bridgehead atoms. The average Bonchev–Trinajstić information content (AvgIpc) is 2.40. The van der Waals surface area contributed by atoms with Crippen LogP contribution in [0.15, 0.2) is 0 Å². The highest BCUT2D eigenvalue weighted by Gasteiger charge is 2.28. The minimum Gasteiger partial charge on any atom is -0.378 e. The summed E-state index contributed by atoms with van der Waals surface area (Å²) < 4.78 is 6.01. The summed E-state index contributed by atoms with van der Waals surface area (Å²) in [5, 5.41) is 0. The lowest BCUT2D eigenvalue weighted by molar-refractivity contribution is -0.0338. The van der Waals surface area contributed by atoms with E-state index in [1.807, 2.05) is 0 Å². The van der Waals surface area contributed by atoms with Crippen LogP contribution in [0.5, 0.6) is 0 Å².